The second-order valence-corrected chi connectivity index (χ2v) is 6.08. The van der Waals surface area contributed by atoms with Crippen LogP contribution in [0.4, 0.5) is 4.39 Å². The number of hydrogen-bond donors (Lipinski definition) is 2. The topological polar surface area (TPSA) is 102 Å². The van der Waals surface area contributed by atoms with Gasteiger partial charge in [-0.3, -0.25) is 14.4 Å². The molecule has 0 fully saturated rings. The Morgan fingerprint density at radius 3 is 2.61 bits per heavy atom. The van der Waals surface area contributed by atoms with Crippen molar-refractivity contribution in [2.24, 2.45) is 0 Å². The summed E-state index contributed by atoms with van der Waals surface area (Å²) in [4.78, 5) is 37.2. The van der Waals surface area contributed by atoms with Crippen LogP contribution in [0.5, 0.6) is 5.75 Å². The standard InChI is InChI=1S/C19H18FN3O5/c1-28-9-6-21-18(26)14-11-22-7-8-23(10-12-2-4-13(20)5-3-12)19(27)15(22)17(25)16(14)24/h2-5,7-8,11,25H,6,9-10H2,1H3,(H,21,26). The normalized spacial score (nSPS) is 10.9. The van der Waals surface area contributed by atoms with Gasteiger partial charge in [-0.2, -0.15) is 0 Å². The van der Waals surface area contributed by atoms with Crippen molar-refractivity contribution in [1.82, 2.24) is 14.3 Å². The second-order valence-electron chi connectivity index (χ2n) is 6.08. The fourth-order valence-electron chi connectivity index (χ4n) is 2.74. The molecule has 8 nitrogen and oxygen atoms in total. The number of nitrogens with zero attached hydrogens (tertiary/aromatic N) is 2. The zero-order valence-electron chi connectivity index (χ0n) is 15.0. The minimum atomic E-state index is -0.938. The molecule has 1 aromatic carbocycles. The first-order valence-electron chi connectivity index (χ1n) is 8.41. The fourth-order valence-corrected chi connectivity index (χ4v) is 2.74. The van der Waals surface area contributed by atoms with E-state index in [2.05, 4.69) is 5.32 Å². The van der Waals surface area contributed by atoms with Gasteiger partial charge in [0.1, 0.15) is 11.4 Å². The Morgan fingerprint density at radius 1 is 1.21 bits per heavy atom. The van der Waals surface area contributed by atoms with Gasteiger partial charge in [0.2, 0.25) is 5.43 Å². The number of rotatable bonds is 6. The molecule has 0 aliphatic rings. The number of benzene rings is 1. The molecule has 0 aliphatic carbocycles. The lowest BCUT2D eigenvalue weighted by Crippen LogP contribution is -2.32. The van der Waals surface area contributed by atoms with E-state index in [0.717, 1.165) is 0 Å². The number of aromatic nitrogens is 2. The van der Waals surface area contributed by atoms with E-state index >= 15 is 0 Å². The maximum absolute atomic E-state index is 13.0. The van der Waals surface area contributed by atoms with Gasteiger partial charge < -0.3 is 24.1 Å². The van der Waals surface area contributed by atoms with Gasteiger partial charge in [0.25, 0.3) is 11.5 Å². The first-order chi connectivity index (χ1) is 13.4. The van der Waals surface area contributed by atoms with Crippen LogP contribution in [0, 0.1) is 5.82 Å². The number of ether oxygens (including phenoxy) is 1. The monoisotopic (exact) mass is 387 g/mol. The van der Waals surface area contributed by atoms with E-state index in [1.807, 2.05) is 0 Å². The molecule has 0 aliphatic heterocycles. The smallest absolute Gasteiger partial charge is 0.279 e. The third-order valence-corrected chi connectivity index (χ3v) is 4.18. The van der Waals surface area contributed by atoms with E-state index < -0.39 is 28.5 Å². The van der Waals surface area contributed by atoms with E-state index in [1.165, 1.54) is 58.9 Å². The third-order valence-electron chi connectivity index (χ3n) is 4.18. The third kappa shape index (κ3) is 3.79. The lowest BCUT2D eigenvalue weighted by Gasteiger charge is -2.11. The van der Waals surface area contributed by atoms with Crippen LogP contribution in [0.2, 0.25) is 0 Å². The highest BCUT2D eigenvalue weighted by atomic mass is 19.1. The predicted octanol–water partition coefficient (Wildman–Crippen LogP) is 0.730. The van der Waals surface area contributed by atoms with Gasteiger partial charge in [0.15, 0.2) is 11.3 Å². The van der Waals surface area contributed by atoms with E-state index in [-0.39, 0.29) is 30.8 Å². The highest BCUT2D eigenvalue weighted by Gasteiger charge is 2.18. The molecule has 146 valence electrons. The van der Waals surface area contributed by atoms with Crippen LogP contribution in [0.25, 0.3) is 5.52 Å². The number of amides is 1. The van der Waals surface area contributed by atoms with Crippen molar-refractivity contribution in [3.8, 4) is 5.75 Å². The molecule has 0 saturated heterocycles. The Morgan fingerprint density at radius 2 is 1.93 bits per heavy atom. The Balaban J connectivity index is 2.01. The molecule has 0 radical (unpaired) electrons. The van der Waals surface area contributed by atoms with Crippen molar-refractivity contribution in [2.75, 3.05) is 20.3 Å². The number of aromatic hydroxyl groups is 1. The van der Waals surface area contributed by atoms with E-state index in [1.54, 1.807) is 0 Å². The van der Waals surface area contributed by atoms with E-state index in [4.69, 9.17) is 4.74 Å². The molecular formula is C19H18FN3O5. The van der Waals surface area contributed by atoms with Gasteiger partial charge in [-0.1, -0.05) is 12.1 Å². The van der Waals surface area contributed by atoms with Crippen molar-refractivity contribution in [2.45, 2.75) is 6.54 Å². The van der Waals surface area contributed by atoms with Crippen molar-refractivity contribution in [3.05, 3.63) is 80.4 Å². The molecule has 28 heavy (non-hydrogen) atoms. The summed E-state index contributed by atoms with van der Waals surface area (Å²) < 4.78 is 20.4. The summed E-state index contributed by atoms with van der Waals surface area (Å²) in [5, 5.41) is 12.8. The second kappa shape index (κ2) is 8.05. The number of methoxy groups -OCH3 is 1. The van der Waals surface area contributed by atoms with Gasteiger partial charge in [0, 0.05) is 32.2 Å². The Kier molecular flexibility index (Phi) is 5.55. The molecule has 0 bridgehead atoms. The van der Waals surface area contributed by atoms with Crippen LogP contribution in [-0.4, -0.2) is 40.2 Å². The Labute approximate surface area is 158 Å². The highest BCUT2D eigenvalue weighted by Crippen LogP contribution is 2.12. The molecule has 0 unspecified atom stereocenters. The molecule has 3 rings (SSSR count). The maximum atomic E-state index is 13.0. The quantitative estimate of drug-likeness (QED) is 0.607. The van der Waals surface area contributed by atoms with Crippen molar-refractivity contribution in [1.29, 1.82) is 0 Å². The molecule has 2 aromatic heterocycles. The molecule has 2 heterocycles. The van der Waals surface area contributed by atoms with Crippen molar-refractivity contribution >= 4 is 11.4 Å². The molecule has 0 spiro atoms. The minimum absolute atomic E-state index is 0.127. The summed E-state index contributed by atoms with van der Waals surface area (Å²) in [6.45, 7) is 0.584. The summed E-state index contributed by atoms with van der Waals surface area (Å²) in [5.41, 5.74) is -1.42. The predicted molar refractivity (Wildman–Crippen MR) is 99.3 cm³/mol. The summed E-state index contributed by atoms with van der Waals surface area (Å²) >= 11 is 0. The lowest BCUT2D eigenvalue weighted by atomic mass is 10.2. The van der Waals surface area contributed by atoms with Crippen LogP contribution in [0.1, 0.15) is 15.9 Å². The zero-order chi connectivity index (χ0) is 20.3. The molecule has 1 amide bonds. The van der Waals surface area contributed by atoms with Crippen molar-refractivity contribution < 1.29 is 19.0 Å². The van der Waals surface area contributed by atoms with Crippen LogP contribution in [-0.2, 0) is 11.3 Å². The van der Waals surface area contributed by atoms with Crippen LogP contribution in [0.3, 0.4) is 0 Å². The number of pyridine rings is 1. The number of fused-ring (bicyclic) bond motifs is 1. The van der Waals surface area contributed by atoms with Gasteiger partial charge in [-0.15, -0.1) is 0 Å². The molecule has 2 N–H and O–H groups in total. The summed E-state index contributed by atoms with van der Waals surface area (Å²) in [6.07, 6.45) is 4.10. The largest absolute Gasteiger partial charge is 0.503 e. The SMILES string of the molecule is COCCNC(=O)c1cn2ccn(Cc3ccc(F)cc3)c(=O)c2c(O)c1=O. The number of carbonyl (C=O) groups excluding carboxylic acids is 1. The molecular weight excluding hydrogens is 369 g/mol. The molecule has 0 saturated carbocycles. The maximum Gasteiger partial charge on any atom is 0.279 e. The van der Waals surface area contributed by atoms with Gasteiger partial charge in [-0.05, 0) is 17.7 Å². The minimum Gasteiger partial charge on any atom is -0.503 e. The number of halogens is 1. The van der Waals surface area contributed by atoms with Crippen LogP contribution < -0.4 is 16.3 Å². The van der Waals surface area contributed by atoms with Gasteiger partial charge in [0.05, 0.1) is 13.2 Å². The molecule has 3 aromatic rings. The summed E-state index contributed by atoms with van der Waals surface area (Å²) in [7, 11) is 1.47. The van der Waals surface area contributed by atoms with Gasteiger partial charge in [-0.25, -0.2) is 4.39 Å². The molecule has 9 heteroatoms. The zero-order valence-corrected chi connectivity index (χ0v) is 15.0. The van der Waals surface area contributed by atoms with Crippen LogP contribution >= 0.6 is 0 Å². The average Bonchev–Trinajstić information content (AvgIpc) is 2.68. The lowest BCUT2D eigenvalue weighted by molar-refractivity contribution is 0.0935. The van der Waals surface area contributed by atoms with E-state index in [9.17, 15) is 23.9 Å². The van der Waals surface area contributed by atoms with Crippen molar-refractivity contribution in [3.63, 3.8) is 0 Å². The fraction of sp³-hybridized carbons (Fsp3) is 0.211. The average molecular weight is 387 g/mol. The van der Waals surface area contributed by atoms with Crippen LogP contribution in [0.15, 0.2) is 52.4 Å². The first-order valence-corrected chi connectivity index (χ1v) is 8.41. The summed E-state index contributed by atoms with van der Waals surface area (Å²) in [6, 6.07) is 5.62. The number of hydrogen-bond acceptors (Lipinski definition) is 5. The number of carbonyl (C=O) groups is 1. The van der Waals surface area contributed by atoms with E-state index in [0.29, 0.717) is 5.56 Å². The Hall–Kier alpha value is -3.46. The molecule has 0 atom stereocenters. The van der Waals surface area contributed by atoms with Gasteiger partial charge >= 0.3 is 0 Å². The first kappa shape index (κ1) is 19.3. The number of nitrogens with one attached hydrogen (secondary N) is 1. The Bertz CT molecular complexity index is 1140. The summed E-state index contributed by atoms with van der Waals surface area (Å²) in [5.74, 6) is -1.88. The highest BCUT2D eigenvalue weighted by molar-refractivity contribution is 5.94.